The van der Waals surface area contributed by atoms with Crippen LogP contribution in [0.3, 0.4) is 0 Å². The van der Waals surface area contributed by atoms with Gasteiger partial charge in [0.2, 0.25) is 0 Å². The summed E-state index contributed by atoms with van der Waals surface area (Å²) in [5.41, 5.74) is 5.59. The highest BCUT2D eigenvalue weighted by atomic mass is 19.4. The first-order valence-electron chi connectivity index (χ1n) is 6.20. The molecule has 6 heteroatoms. The van der Waals surface area contributed by atoms with E-state index < -0.39 is 18.0 Å². The van der Waals surface area contributed by atoms with Crippen LogP contribution in [-0.4, -0.2) is 11.3 Å². The monoisotopic (exact) mass is 297 g/mol. The molecule has 1 atom stereocenters. The van der Waals surface area contributed by atoms with Gasteiger partial charge in [-0.1, -0.05) is 30.3 Å². The molecule has 0 amide bonds. The summed E-state index contributed by atoms with van der Waals surface area (Å²) < 4.78 is 43.0. The molecule has 0 saturated carbocycles. The maximum absolute atomic E-state index is 12.5. The van der Waals surface area contributed by atoms with Crippen LogP contribution in [0.5, 0.6) is 11.5 Å². The van der Waals surface area contributed by atoms with Crippen molar-refractivity contribution in [3.63, 3.8) is 0 Å². The standard InChI is InChI=1S/C15H14F3NO2/c16-15(17,18)14(19)12-7-6-11(8-13(12)20)21-9-10-4-2-1-3-5-10/h1-8,14,20H,9,19H2/t14-/m0/s1. The molecule has 0 saturated heterocycles. The minimum absolute atomic E-state index is 0.255. The molecule has 2 aromatic carbocycles. The van der Waals surface area contributed by atoms with Crippen molar-refractivity contribution in [3.05, 3.63) is 59.7 Å². The summed E-state index contributed by atoms with van der Waals surface area (Å²) in [6.07, 6.45) is -4.61. The smallest absolute Gasteiger partial charge is 0.407 e. The minimum atomic E-state index is -4.61. The van der Waals surface area contributed by atoms with Crippen molar-refractivity contribution in [1.29, 1.82) is 0 Å². The van der Waals surface area contributed by atoms with Gasteiger partial charge in [-0.15, -0.1) is 0 Å². The molecule has 0 unspecified atom stereocenters. The van der Waals surface area contributed by atoms with Gasteiger partial charge in [0, 0.05) is 11.6 Å². The lowest BCUT2D eigenvalue weighted by atomic mass is 10.1. The van der Waals surface area contributed by atoms with E-state index in [0.29, 0.717) is 0 Å². The van der Waals surface area contributed by atoms with Gasteiger partial charge in [0.25, 0.3) is 0 Å². The molecule has 0 fully saturated rings. The number of phenolic OH excluding ortho intramolecular Hbond substituents is 1. The zero-order valence-corrected chi connectivity index (χ0v) is 11.0. The number of aromatic hydroxyl groups is 1. The number of alkyl halides is 3. The molecule has 0 radical (unpaired) electrons. The van der Waals surface area contributed by atoms with Crippen LogP contribution in [0.25, 0.3) is 0 Å². The highest BCUT2D eigenvalue weighted by molar-refractivity contribution is 5.42. The molecule has 0 spiro atoms. The number of rotatable bonds is 4. The van der Waals surface area contributed by atoms with E-state index in [-0.39, 0.29) is 17.9 Å². The van der Waals surface area contributed by atoms with Gasteiger partial charge in [-0.05, 0) is 17.7 Å². The Bertz CT molecular complexity index is 600. The van der Waals surface area contributed by atoms with Crippen LogP contribution in [0.4, 0.5) is 13.2 Å². The normalized spacial score (nSPS) is 13.0. The van der Waals surface area contributed by atoms with E-state index in [0.717, 1.165) is 17.7 Å². The third-order valence-electron chi connectivity index (χ3n) is 2.94. The van der Waals surface area contributed by atoms with E-state index >= 15 is 0 Å². The lowest BCUT2D eigenvalue weighted by molar-refractivity contribution is -0.149. The highest BCUT2D eigenvalue weighted by Crippen LogP contribution is 2.36. The van der Waals surface area contributed by atoms with Crippen LogP contribution in [0.1, 0.15) is 17.2 Å². The summed E-state index contributed by atoms with van der Waals surface area (Å²) in [6, 6.07) is 10.6. The van der Waals surface area contributed by atoms with Crippen molar-refractivity contribution in [2.24, 2.45) is 5.73 Å². The second kappa shape index (κ2) is 6.05. The molecule has 0 heterocycles. The van der Waals surface area contributed by atoms with Crippen LogP contribution in [0, 0.1) is 0 Å². The third kappa shape index (κ3) is 3.88. The Morgan fingerprint density at radius 1 is 1.10 bits per heavy atom. The minimum Gasteiger partial charge on any atom is -0.507 e. The fourth-order valence-electron chi connectivity index (χ4n) is 1.79. The SMILES string of the molecule is N[C@@H](c1ccc(OCc2ccccc2)cc1O)C(F)(F)F. The Kier molecular flexibility index (Phi) is 4.37. The lowest BCUT2D eigenvalue weighted by Crippen LogP contribution is -2.28. The van der Waals surface area contributed by atoms with Gasteiger partial charge in [-0.2, -0.15) is 13.2 Å². The Hall–Kier alpha value is -2.21. The van der Waals surface area contributed by atoms with E-state index in [1.165, 1.54) is 6.07 Å². The summed E-state index contributed by atoms with van der Waals surface area (Å²) in [5, 5.41) is 9.66. The van der Waals surface area contributed by atoms with Crippen molar-refractivity contribution in [3.8, 4) is 11.5 Å². The van der Waals surface area contributed by atoms with E-state index in [1.54, 1.807) is 0 Å². The zero-order valence-electron chi connectivity index (χ0n) is 11.0. The largest absolute Gasteiger partial charge is 0.507 e. The molecule has 2 rings (SSSR count). The van der Waals surface area contributed by atoms with Gasteiger partial charge in [0.15, 0.2) is 0 Å². The van der Waals surface area contributed by atoms with Gasteiger partial charge in [-0.25, -0.2) is 0 Å². The molecule has 0 aliphatic rings. The molecule has 0 aliphatic carbocycles. The van der Waals surface area contributed by atoms with Gasteiger partial charge >= 0.3 is 6.18 Å². The summed E-state index contributed by atoms with van der Waals surface area (Å²) in [6.45, 7) is 0.255. The van der Waals surface area contributed by atoms with E-state index in [9.17, 15) is 18.3 Å². The van der Waals surface area contributed by atoms with E-state index in [1.807, 2.05) is 30.3 Å². The first-order valence-corrected chi connectivity index (χ1v) is 6.20. The summed E-state index contributed by atoms with van der Waals surface area (Å²) in [5.74, 6) is -0.264. The Balaban J connectivity index is 2.09. The van der Waals surface area contributed by atoms with Gasteiger partial charge in [-0.3, -0.25) is 0 Å². The van der Waals surface area contributed by atoms with Crippen LogP contribution in [0.15, 0.2) is 48.5 Å². The number of phenols is 1. The van der Waals surface area contributed by atoms with Crippen LogP contribution in [-0.2, 0) is 6.61 Å². The van der Waals surface area contributed by atoms with Crippen molar-refractivity contribution < 1.29 is 23.0 Å². The molecular weight excluding hydrogens is 283 g/mol. The summed E-state index contributed by atoms with van der Waals surface area (Å²) in [4.78, 5) is 0. The average molecular weight is 297 g/mol. The Labute approximate surface area is 119 Å². The fourth-order valence-corrected chi connectivity index (χ4v) is 1.79. The van der Waals surface area contributed by atoms with Gasteiger partial charge in [0.05, 0.1) is 0 Å². The first-order chi connectivity index (χ1) is 9.88. The lowest BCUT2D eigenvalue weighted by Gasteiger charge is -2.17. The Morgan fingerprint density at radius 2 is 1.76 bits per heavy atom. The number of hydrogen-bond donors (Lipinski definition) is 2. The molecule has 0 aromatic heterocycles. The zero-order chi connectivity index (χ0) is 15.5. The van der Waals surface area contributed by atoms with Gasteiger partial charge in [0.1, 0.15) is 24.1 Å². The maximum Gasteiger partial charge on any atom is 0.407 e. The molecular formula is C15H14F3NO2. The van der Waals surface area contributed by atoms with Crippen LogP contribution < -0.4 is 10.5 Å². The Morgan fingerprint density at radius 3 is 2.33 bits per heavy atom. The predicted molar refractivity (Wildman–Crippen MR) is 71.9 cm³/mol. The second-order valence-electron chi connectivity index (χ2n) is 4.51. The van der Waals surface area contributed by atoms with Crippen molar-refractivity contribution >= 4 is 0 Å². The molecule has 112 valence electrons. The maximum atomic E-state index is 12.5. The summed E-state index contributed by atoms with van der Waals surface area (Å²) in [7, 11) is 0. The van der Waals surface area contributed by atoms with Crippen LogP contribution >= 0.6 is 0 Å². The second-order valence-corrected chi connectivity index (χ2v) is 4.51. The van der Waals surface area contributed by atoms with Crippen molar-refractivity contribution in [1.82, 2.24) is 0 Å². The number of benzene rings is 2. The van der Waals surface area contributed by atoms with E-state index in [2.05, 4.69) is 0 Å². The highest BCUT2D eigenvalue weighted by Gasteiger charge is 2.39. The van der Waals surface area contributed by atoms with Gasteiger partial charge < -0.3 is 15.6 Å². The topological polar surface area (TPSA) is 55.5 Å². The third-order valence-corrected chi connectivity index (χ3v) is 2.94. The molecule has 0 aliphatic heterocycles. The number of hydrogen-bond acceptors (Lipinski definition) is 3. The first kappa shape index (κ1) is 15.2. The predicted octanol–water partition coefficient (Wildman–Crippen LogP) is 3.53. The fraction of sp³-hybridized carbons (Fsp3) is 0.200. The molecule has 3 nitrogen and oxygen atoms in total. The number of ether oxygens (including phenoxy) is 1. The quantitative estimate of drug-likeness (QED) is 0.907. The molecule has 0 bridgehead atoms. The summed E-state index contributed by atoms with van der Waals surface area (Å²) >= 11 is 0. The van der Waals surface area contributed by atoms with E-state index in [4.69, 9.17) is 10.5 Å². The van der Waals surface area contributed by atoms with Crippen molar-refractivity contribution in [2.75, 3.05) is 0 Å². The van der Waals surface area contributed by atoms with Crippen LogP contribution in [0.2, 0.25) is 0 Å². The average Bonchev–Trinajstić information content (AvgIpc) is 2.45. The number of nitrogens with two attached hydrogens (primary N) is 1. The molecule has 2 aromatic rings. The number of halogens is 3. The van der Waals surface area contributed by atoms with Crippen molar-refractivity contribution in [2.45, 2.75) is 18.8 Å². The molecule has 3 N–H and O–H groups in total. The molecule has 21 heavy (non-hydrogen) atoms.